The van der Waals surface area contributed by atoms with Crippen molar-refractivity contribution >= 4 is 6.29 Å². The number of benzene rings is 2. The Morgan fingerprint density at radius 2 is 2.03 bits per heavy atom. The molecule has 0 radical (unpaired) electrons. The van der Waals surface area contributed by atoms with E-state index >= 15 is 0 Å². The van der Waals surface area contributed by atoms with Crippen LogP contribution in [-0.2, 0) is 22.7 Å². The summed E-state index contributed by atoms with van der Waals surface area (Å²) in [6.07, 6.45) is 10.5. The second-order valence-electron chi connectivity index (χ2n) is 10.3. The van der Waals surface area contributed by atoms with Gasteiger partial charge in [-0.1, -0.05) is 31.5 Å². The molecule has 2 aromatic carbocycles. The molecule has 36 heavy (non-hydrogen) atoms. The van der Waals surface area contributed by atoms with Crippen molar-refractivity contribution in [2.45, 2.75) is 56.3 Å². The molecule has 0 saturated heterocycles. The standard InChI is InChI=1S/C30H36N4O2/c1-5-29(21-35,13-6-7-16-33(2)3)24-9-8-10-26(17-24)36-27-18-25(12-11-23(27)19-31)30(14-15-30)28-20-32-22-34(28)4/h8-12,17-18,20-22H,5-7,13-16H2,1-4H3. The van der Waals surface area contributed by atoms with E-state index < -0.39 is 5.41 Å². The first-order valence-electron chi connectivity index (χ1n) is 12.8. The molecule has 6 nitrogen and oxygen atoms in total. The fraction of sp³-hybridized carbons (Fsp3) is 0.433. The molecule has 1 fully saturated rings. The Labute approximate surface area is 214 Å². The molecule has 1 aromatic heterocycles. The summed E-state index contributed by atoms with van der Waals surface area (Å²) in [5.74, 6) is 1.18. The summed E-state index contributed by atoms with van der Waals surface area (Å²) in [6.45, 7) is 3.08. The number of unbranched alkanes of at least 4 members (excludes halogenated alkanes) is 1. The summed E-state index contributed by atoms with van der Waals surface area (Å²) in [6, 6.07) is 16.0. The van der Waals surface area contributed by atoms with Gasteiger partial charge in [0.1, 0.15) is 23.9 Å². The van der Waals surface area contributed by atoms with E-state index in [1.807, 2.05) is 62.0 Å². The summed E-state index contributed by atoms with van der Waals surface area (Å²) in [7, 11) is 6.16. The molecule has 1 aliphatic rings. The van der Waals surface area contributed by atoms with Crippen molar-refractivity contribution in [3.05, 3.63) is 77.4 Å². The van der Waals surface area contributed by atoms with E-state index in [1.54, 1.807) is 0 Å². The number of hydrogen-bond acceptors (Lipinski definition) is 5. The molecule has 0 aliphatic heterocycles. The average molecular weight is 485 g/mol. The zero-order valence-electron chi connectivity index (χ0n) is 21.8. The molecule has 1 atom stereocenters. The molecular weight excluding hydrogens is 448 g/mol. The van der Waals surface area contributed by atoms with E-state index in [2.05, 4.69) is 41.5 Å². The lowest BCUT2D eigenvalue weighted by atomic mass is 9.75. The van der Waals surface area contributed by atoms with Crippen LogP contribution < -0.4 is 4.74 Å². The molecule has 6 heteroatoms. The summed E-state index contributed by atoms with van der Waals surface area (Å²) in [5, 5.41) is 9.76. The maximum Gasteiger partial charge on any atom is 0.145 e. The van der Waals surface area contributed by atoms with Crippen LogP contribution in [0.3, 0.4) is 0 Å². The summed E-state index contributed by atoms with van der Waals surface area (Å²) in [5.41, 5.74) is 3.14. The van der Waals surface area contributed by atoms with Gasteiger partial charge in [-0.3, -0.25) is 0 Å². The first-order valence-corrected chi connectivity index (χ1v) is 12.8. The number of nitrogens with zero attached hydrogens (tertiary/aromatic N) is 4. The van der Waals surface area contributed by atoms with Gasteiger partial charge in [0.2, 0.25) is 0 Å². The van der Waals surface area contributed by atoms with Crippen LogP contribution in [0.25, 0.3) is 0 Å². The van der Waals surface area contributed by atoms with Gasteiger partial charge in [0.25, 0.3) is 0 Å². The second kappa shape index (κ2) is 10.7. The van der Waals surface area contributed by atoms with Crippen LogP contribution in [0.1, 0.15) is 67.8 Å². The van der Waals surface area contributed by atoms with Gasteiger partial charge in [-0.25, -0.2) is 4.98 Å². The lowest BCUT2D eigenvalue weighted by Gasteiger charge is -2.28. The van der Waals surface area contributed by atoms with Gasteiger partial charge in [-0.05, 0) is 88.1 Å². The highest BCUT2D eigenvalue weighted by atomic mass is 16.5. The zero-order chi connectivity index (χ0) is 25.8. The van der Waals surface area contributed by atoms with Crippen LogP contribution >= 0.6 is 0 Å². The van der Waals surface area contributed by atoms with Crippen LogP contribution in [0, 0.1) is 11.3 Å². The Hall–Kier alpha value is -3.43. The molecule has 3 aromatic rings. The van der Waals surface area contributed by atoms with E-state index in [4.69, 9.17) is 4.74 Å². The van der Waals surface area contributed by atoms with Crippen molar-refractivity contribution in [2.24, 2.45) is 7.05 Å². The molecule has 0 amide bonds. The first kappa shape index (κ1) is 25.7. The molecular formula is C30H36N4O2. The van der Waals surface area contributed by atoms with Crippen molar-refractivity contribution in [1.82, 2.24) is 14.5 Å². The Morgan fingerprint density at radius 3 is 2.64 bits per heavy atom. The molecule has 0 N–H and O–H groups in total. The van der Waals surface area contributed by atoms with Crippen molar-refractivity contribution in [3.63, 3.8) is 0 Å². The Kier molecular flexibility index (Phi) is 7.61. The van der Waals surface area contributed by atoms with Gasteiger partial charge >= 0.3 is 0 Å². The van der Waals surface area contributed by atoms with E-state index in [0.717, 1.165) is 62.5 Å². The van der Waals surface area contributed by atoms with Gasteiger partial charge in [0.05, 0.1) is 17.3 Å². The molecule has 0 bridgehead atoms. The number of rotatable bonds is 12. The number of hydrogen-bond donors (Lipinski definition) is 0. The number of carbonyl (C=O) groups is 1. The number of carbonyl (C=O) groups excluding carboxylic acids is 1. The highest BCUT2D eigenvalue weighted by molar-refractivity contribution is 5.69. The SMILES string of the molecule is CCC(C=O)(CCCCN(C)C)c1cccc(Oc2cc(C3(c4cncn4C)CC3)ccc2C#N)c1. The topological polar surface area (TPSA) is 71.2 Å². The van der Waals surface area contributed by atoms with Gasteiger partial charge in [0, 0.05) is 24.4 Å². The fourth-order valence-electron chi connectivity index (χ4n) is 5.23. The number of aryl methyl sites for hydroxylation is 1. The van der Waals surface area contributed by atoms with E-state index in [-0.39, 0.29) is 5.41 Å². The number of imidazole rings is 1. The molecule has 1 heterocycles. The quantitative estimate of drug-likeness (QED) is 0.242. The van der Waals surface area contributed by atoms with Crippen LogP contribution in [0.2, 0.25) is 0 Å². The van der Waals surface area contributed by atoms with Crippen LogP contribution in [0.4, 0.5) is 0 Å². The number of aromatic nitrogens is 2. The second-order valence-corrected chi connectivity index (χ2v) is 10.3. The molecule has 4 rings (SSSR count). The summed E-state index contributed by atoms with van der Waals surface area (Å²) in [4.78, 5) is 18.8. The third kappa shape index (κ3) is 5.08. The van der Waals surface area contributed by atoms with Crippen molar-refractivity contribution < 1.29 is 9.53 Å². The molecule has 1 unspecified atom stereocenters. The van der Waals surface area contributed by atoms with Crippen molar-refractivity contribution in [3.8, 4) is 17.6 Å². The molecule has 188 valence electrons. The minimum Gasteiger partial charge on any atom is -0.456 e. The minimum absolute atomic E-state index is 0.0827. The summed E-state index contributed by atoms with van der Waals surface area (Å²) < 4.78 is 8.39. The monoisotopic (exact) mass is 484 g/mol. The minimum atomic E-state index is -0.538. The Bertz CT molecular complexity index is 1250. The fourth-order valence-corrected chi connectivity index (χ4v) is 5.23. The zero-order valence-corrected chi connectivity index (χ0v) is 21.8. The lowest BCUT2D eigenvalue weighted by Crippen LogP contribution is -2.27. The highest BCUT2D eigenvalue weighted by Gasteiger charge is 2.48. The third-order valence-electron chi connectivity index (χ3n) is 7.68. The molecule has 1 saturated carbocycles. The van der Waals surface area contributed by atoms with E-state index in [9.17, 15) is 10.1 Å². The lowest BCUT2D eigenvalue weighted by molar-refractivity contribution is -0.113. The first-order chi connectivity index (χ1) is 17.4. The third-order valence-corrected chi connectivity index (χ3v) is 7.68. The van der Waals surface area contributed by atoms with Crippen molar-refractivity contribution in [2.75, 3.05) is 20.6 Å². The number of ether oxygens (including phenoxy) is 1. The predicted molar refractivity (Wildman–Crippen MR) is 141 cm³/mol. The van der Waals surface area contributed by atoms with E-state index in [1.165, 1.54) is 5.69 Å². The maximum absolute atomic E-state index is 12.4. The largest absolute Gasteiger partial charge is 0.456 e. The van der Waals surface area contributed by atoms with E-state index in [0.29, 0.717) is 17.1 Å². The van der Waals surface area contributed by atoms with Gasteiger partial charge in [-0.2, -0.15) is 5.26 Å². The maximum atomic E-state index is 12.4. The van der Waals surface area contributed by atoms with Crippen LogP contribution in [0.15, 0.2) is 55.0 Å². The predicted octanol–water partition coefficient (Wildman–Crippen LogP) is 5.74. The number of aldehydes is 1. The Balaban J connectivity index is 1.61. The summed E-state index contributed by atoms with van der Waals surface area (Å²) >= 11 is 0. The van der Waals surface area contributed by atoms with Gasteiger partial charge < -0.3 is 19.0 Å². The van der Waals surface area contributed by atoms with Gasteiger partial charge in [0.15, 0.2) is 0 Å². The van der Waals surface area contributed by atoms with Crippen LogP contribution in [-0.4, -0.2) is 41.4 Å². The van der Waals surface area contributed by atoms with Crippen LogP contribution in [0.5, 0.6) is 11.5 Å². The van der Waals surface area contributed by atoms with Gasteiger partial charge in [-0.15, -0.1) is 0 Å². The molecule has 1 aliphatic carbocycles. The Morgan fingerprint density at radius 1 is 1.22 bits per heavy atom. The highest BCUT2D eigenvalue weighted by Crippen LogP contribution is 2.54. The van der Waals surface area contributed by atoms with Crippen molar-refractivity contribution in [1.29, 1.82) is 5.26 Å². The number of nitriles is 1. The molecule has 0 spiro atoms. The average Bonchev–Trinajstić information content (AvgIpc) is 3.58. The smallest absolute Gasteiger partial charge is 0.145 e. The normalized spacial score (nSPS) is 15.8.